The summed E-state index contributed by atoms with van der Waals surface area (Å²) in [5, 5.41) is 13.8. The van der Waals surface area contributed by atoms with Crippen molar-refractivity contribution in [2.45, 2.75) is 25.3 Å². The summed E-state index contributed by atoms with van der Waals surface area (Å²) < 4.78 is 0. The fourth-order valence-corrected chi connectivity index (χ4v) is 3.58. The van der Waals surface area contributed by atoms with Gasteiger partial charge in [-0.15, -0.1) is 0 Å². The first-order valence-corrected chi connectivity index (χ1v) is 9.02. The SMILES string of the molecule is Cc1c(NC(=O)CCN2C[C@@H](N)[C@H](c3ccccc3)C2)cccc1[N+](=O)[O-]. The van der Waals surface area contributed by atoms with E-state index in [0.29, 0.717) is 24.2 Å². The number of anilines is 1. The zero-order chi connectivity index (χ0) is 19.4. The molecule has 0 spiro atoms. The third-order valence-corrected chi connectivity index (χ3v) is 5.10. The molecule has 0 aromatic heterocycles. The predicted octanol–water partition coefficient (Wildman–Crippen LogP) is 2.66. The first kappa shape index (κ1) is 19.0. The van der Waals surface area contributed by atoms with Crippen LogP contribution in [-0.4, -0.2) is 41.4 Å². The van der Waals surface area contributed by atoms with Crippen LogP contribution in [-0.2, 0) is 4.79 Å². The van der Waals surface area contributed by atoms with E-state index in [4.69, 9.17) is 5.73 Å². The van der Waals surface area contributed by atoms with Crippen LogP contribution in [0.25, 0.3) is 0 Å². The lowest BCUT2D eigenvalue weighted by molar-refractivity contribution is -0.385. The van der Waals surface area contributed by atoms with Crippen LogP contribution in [0.5, 0.6) is 0 Å². The van der Waals surface area contributed by atoms with Gasteiger partial charge >= 0.3 is 0 Å². The number of benzene rings is 2. The Hall–Kier alpha value is -2.77. The van der Waals surface area contributed by atoms with Crippen LogP contribution in [0.2, 0.25) is 0 Å². The Morgan fingerprint density at radius 1 is 1.22 bits per heavy atom. The van der Waals surface area contributed by atoms with E-state index in [-0.39, 0.29) is 23.6 Å². The Morgan fingerprint density at radius 2 is 1.96 bits per heavy atom. The largest absolute Gasteiger partial charge is 0.326 e. The van der Waals surface area contributed by atoms with Gasteiger partial charge in [0, 0.05) is 44.1 Å². The molecule has 0 aliphatic carbocycles. The average molecular weight is 368 g/mol. The summed E-state index contributed by atoms with van der Waals surface area (Å²) in [7, 11) is 0. The number of nitro groups is 1. The summed E-state index contributed by atoms with van der Waals surface area (Å²) in [6.45, 7) is 3.82. The number of carbonyl (C=O) groups excluding carboxylic acids is 1. The van der Waals surface area contributed by atoms with E-state index < -0.39 is 4.92 Å². The molecule has 0 radical (unpaired) electrons. The molecule has 0 bridgehead atoms. The molecular weight excluding hydrogens is 344 g/mol. The second kappa shape index (κ2) is 8.28. The molecule has 1 saturated heterocycles. The molecule has 3 rings (SSSR count). The van der Waals surface area contributed by atoms with Gasteiger partial charge in [-0.3, -0.25) is 14.9 Å². The minimum Gasteiger partial charge on any atom is -0.326 e. The molecule has 1 aliphatic rings. The highest BCUT2D eigenvalue weighted by atomic mass is 16.6. The third kappa shape index (κ3) is 4.50. The van der Waals surface area contributed by atoms with Crippen LogP contribution in [0, 0.1) is 17.0 Å². The van der Waals surface area contributed by atoms with E-state index in [1.165, 1.54) is 11.6 Å². The van der Waals surface area contributed by atoms with Gasteiger partial charge in [-0.2, -0.15) is 0 Å². The number of hydrogen-bond acceptors (Lipinski definition) is 5. The number of nitrogens with zero attached hydrogens (tertiary/aromatic N) is 2. The molecule has 1 heterocycles. The smallest absolute Gasteiger partial charge is 0.274 e. The monoisotopic (exact) mass is 368 g/mol. The van der Waals surface area contributed by atoms with Crippen molar-refractivity contribution in [1.29, 1.82) is 0 Å². The van der Waals surface area contributed by atoms with E-state index >= 15 is 0 Å². The molecule has 142 valence electrons. The highest BCUT2D eigenvalue weighted by Crippen LogP contribution is 2.27. The molecule has 7 nitrogen and oxygen atoms in total. The van der Waals surface area contributed by atoms with Crippen molar-refractivity contribution in [3.63, 3.8) is 0 Å². The van der Waals surface area contributed by atoms with Crippen molar-refractivity contribution >= 4 is 17.3 Å². The zero-order valence-electron chi connectivity index (χ0n) is 15.3. The van der Waals surface area contributed by atoms with Crippen LogP contribution >= 0.6 is 0 Å². The molecule has 7 heteroatoms. The molecule has 0 saturated carbocycles. The van der Waals surface area contributed by atoms with Crippen molar-refractivity contribution in [3.05, 3.63) is 69.8 Å². The highest BCUT2D eigenvalue weighted by Gasteiger charge is 2.31. The summed E-state index contributed by atoms with van der Waals surface area (Å²) in [6, 6.07) is 14.9. The standard InChI is InChI=1S/C20H24N4O3/c1-14-18(8-5-9-19(14)24(26)27)22-20(25)10-11-23-12-16(17(21)13-23)15-6-3-2-4-7-15/h2-9,16-17H,10-13,21H2,1H3,(H,22,25)/t16-,17+/m0/s1. The van der Waals surface area contributed by atoms with E-state index in [1.807, 2.05) is 18.2 Å². The number of nitro benzene ring substituents is 1. The quantitative estimate of drug-likeness (QED) is 0.603. The van der Waals surface area contributed by atoms with Crippen molar-refractivity contribution in [3.8, 4) is 0 Å². The number of nitrogens with one attached hydrogen (secondary N) is 1. The molecule has 2 aromatic carbocycles. The van der Waals surface area contributed by atoms with Crippen molar-refractivity contribution in [2.24, 2.45) is 5.73 Å². The minimum absolute atomic E-state index is 0.00372. The van der Waals surface area contributed by atoms with Crippen LogP contribution in [0.4, 0.5) is 11.4 Å². The summed E-state index contributed by atoms with van der Waals surface area (Å²) in [5.74, 6) is 0.114. The number of carbonyl (C=O) groups is 1. The van der Waals surface area contributed by atoms with E-state index in [1.54, 1.807) is 19.1 Å². The molecule has 3 N–H and O–H groups in total. The van der Waals surface area contributed by atoms with Gasteiger partial charge < -0.3 is 16.0 Å². The molecule has 27 heavy (non-hydrogen) atoms. The third-order valence-electron chi connectivity index (χ3n) is 5.10. The van der Waals surface area contributed by atoms with Crippen LogP contribution in [0.15, 0.2) is 48.5 Å². The fraction of sp³-hybridized carbons (Fsp3) is 0.350. The first-order valence-electron chi connectivity index (χ1n) is 9.02. The Balaban J connectivity index is 1.54. The number of rotatable bonds is 6. The van der Waals surface area contributed by atoms with Gasteiger partial charge in [-0.1, -0.05) is 36.4 Å². The summed E-state index contributed by atoms with van der Waals surface area (Å²) in [6.07, 6.45) is 0.316. The molecule has 2 aromatic rings. The second-order valence-corrected chi connectivity index (χ2v) is 6.95. The van der Waals surface area contributed by atoms with E-state index in [0.717, 1.165) is 13.1 Å². The van der Waals surface area contributed by atoms with Gasteiger partial charge in [0.1, 0.15) is 0 Å². The van der Waals surface area contributed by atoms with Crippen molar-refractivity contribution < 1.29 is 9.72 Å². The Morgan fingerprint density at radius 3 is 2.67 bits per heavy atom. The van der Waals surface area contributed by atoms with Gasteiger partial charge in [-0.05, 0) is 18.6 Å². The summed E-state index contributed by atoms with van der Waals surface area (Å²) in [4.78, 5) is 25.1. The fourth-order valence-electron chi connectivity index (χ4n) is 3.58. The zero-order valence-corrected chi connectivity index (χ0v) is 15.3. The van der Waals surface area contributed by atoms with E-state index in [9.17, 15) is 14.9 Å². The molecular formula is C20H24N4O3. The lowest BCUT2D eigenvalue weighted by atomic mass is 9.95. The molecule has 0 unspecified atom stereocenters. The topological polar surface area (TPSA) is 102 Å². The van der Waals surface area contributed by atoms with Crippen molar-refractivity contribution in [2.75, 3.05) is 25.0 Å². The van der Waals surface area contributed by atoms with E-state index in [2.05, 4.69) is 22.3 Å². The van der Waals surface area contributed by atoms with Gasteiger partial charge in [0.15, 0.2) is 0 Å². The van der Waals surface area contributed by atoms with Gasteiger partial charge in [0.25, 0.3) is 5.69 Å². The molecule has 1 fully saturated rings. The number of likely N-dealkylation sites (tertiary alicyclic amines) is 1. The maximum Gasteiger partial charge on any atom is 0.274 e. The first-order chi connectivity index (χ1) is 13.0. The highest BCUT2D eigenvalue weighted by molar-refractivity contribution is 5.92. The second-order valence-electron chi connectivity index (χ2n) is 6.95. The van der Waals surface area contributed by atoms with Crippen LogP contribution in [0.1, 0.15) is 23.5 Å². The maximum atomic E-state index is 12.3. The molecule has 1 aliphatic heterocycles. The molecule has 1 amide bonds. The lowest BCUT2D eigenvalue weighted by Gasteiger charge is -2.16. The number of hydrogen-bond donors (Lipinski definition) is 2. The average Bonchev–Trinajstić information content (AvgIpc) is 3.03. The minimum atomic E-state index is -0.444. The summed E-state index contributed by atoms with van der Waals surface area (Å²) >= 11 is 0. The Labute approximate surface area is 158 Å². The Bertz CT molecular complexity index is 825. The maximum absolute atomic E-state index is 12.3. The normalized spacial score (nSPS) is 19.8. The van der Waals surface area contributed by atoms with Crippen molar-refractivity contribution in [1.82, 2.24) is 4.90 Å². The van der Waals surface area contributed by atoms with Crippen LogP contribution in [0.3, 0.4) is 0 Å². The predicted molar refractivity (Wildman–Crippen MR) is 105 cm³/mol. The number of amides is 1. The number of nitrogens with two attached hydrogens (primary N) is 1. The van der Waals surface area contributed by atoms with Gasteiger partial charge in [0.2, 0.25) is 5.91 Å². The Kier molecular flexibility index (Phi) is 5.83. The van der Waals surface area contributed by atoms with Crippen LogP contribution < -0.4 is 11.1 Å². The van der Waals surface area contributed by atoms with Gasteiger partial charge in [0.05, 0.1) is 16.2 Å². The van der Waals surface area contributed by atoms with Gasteiger partial charge in [-0.25, -0.2) is 0 Å². The molecule has 2 atom stereocenters. The summed E-state index contributed by atoms with van der Waals surface area (Å²) in [5.41, 5.74) is 8.46. The lowest BCUT2D eigenvalue weighted by Crippen LogP contribution is -2.30.